The van der Waals surface area contributed by atoms with Crippen LogP contribution in [0.3, 0.4) is 0 Å². The number of phenolic OH excluding ortho intramolecular Hbond substituents is 1. The summed E-state index contributed by atoms with van der Waals surface area (Å²) in [5.41, 5.74) is 2.93. The number of carbonyl (C=O) groups is 1. The monoisotopic (exact) mass is 394 g/mol. The molecule has 9 heteroatoms. The van der Waals surface area contributed by atoms with E-state index in [1.54, 1.807) is 0 Å². The lowest BCUT2D eigenvalue weighted by Gasteiger charge is -2.09. The molecule has 3 aromatic rings. The number of fused-ring (bicyclic) bond motifs is 1. The van der Waals surface area contributed by atoms with Crippen molar-refractivity contribution >= 4 is 34.3 Å². The Morgan fingerprint density at radius 3 is 2.76 bits per heavy atom. The third-order valence-electron chi connectivity index (χ3n) is 4.13. The molecule has 0 radical (unpaired) electrons. The lowest BCUT2D eigenvalue weighted by Crippen LogP contribution is -2.25. The van der Waals surface area contributed by atoms with Crippen LogP contribution in [0.25, 0.3) is 10.8 Å². The van der Waals surface area contributed by atoms with E-state index >= 15 is 0 Å². The van der Waals surface area contributed by atoms with Gasteiger partial charge >= 0.3 is 5.69 Å². The van der Waals surface area contributed by atoms with E-state index < -0.39 is 22.3 Å². The molecule has 3 N–H and O–H groups in total. The maximum absolute atomic E-state index is 12.0. The predicted molar refractivity (Wildman–Crippen MR) is 109 cm³/mol. The van der Waals surface area contributed by atoms with Crippen LogP contribution in [0.2, 0.25) is 0 Å². The summed E-state index contributed by atoms with van der Waals surface area (Å²) in [5, 5.41) is 29.7. The molecule has 0 aromatic heterocycles. The molecule has 0 fully saturated rings. The first-order chi connectivity index (χ1) is 14.0. The molecule has 9 nitrogen and oxygen atoms in total. The van der Waals surface area contributed by atoms with Gasteiger partial charge in [-0.1, -0.05) is 36.4 Å². The minimum absolute atomic E-state index is 0.00953. The highest BCUT2D eigenvalue weighted by Gasteiger charge is 2.19. The molecule has 0 saturated heterocycles. The van der Waals surface area contributed by atoms with Gasteiger partial charge < -0.3 is 15.2 Å². The third-order valence-corrected chi connectivity index (χ3v) is 4.13. The zero-order valence-electron chi connectivity index (χ0n) is 15.5. The number of carbonyl (C=O) groups excluding carboxylic acids is 1. The molecule has 3 aromatic carbocycles. The van der Waals surface area contributed by atoms with Crippen molar-refractivity contribution in [1.82, 2.24) is 5.43 Å². The number of rotatable bonds is 7. The maximum atomic E-state index is 12.0. The zero-order valence-corrected chi connectivity index (χ0v) is 15.5. The smallest absolute Gasteiger partial charge is 0.315 e. The molecular weight excluding hydrogens is 376 g/mol. The van der Waals surface area contributed by atoms with Crippen LogP contribution < -0.4 is 15.5 Å². The Morgan fingerprint density at radius 2 is 2.00 bits per heavy atom. The van der Waals surface area contributed by atoms with Crippen molar-refractivity contribution in [1.29, 1.82) is 0 Å². The van der Waals surface area contributed by atoms with Crippen LogP contribution in [0.15, 0.2) is 59.7 Å². The van der Waals surface area contributed by atoms with Gasteiger partial charge in [-0.05, 0) is 17.5 Å². The Kier molecular flexibility index (Phi) is 5.88. The summed E-state index contributed by atoms with van der Waals surface area (Å²) >= 11 is 0. The van der Waals surface area contributed by atoms with E-state index in [-0.39, 0.29) is 17.9 Å². The number of nitrogens with zero attached hydrogens (tertiary/aromatic N) is 2. The van der Waals surface area contributed by atoms with E-state index in [1.165, 1.54) is 19.4 Å². The zero-order chi connectivity index (χ0) is 20.8. The lowest BCUT2D eigenvalue weighted by molar-refractivity contribution is -0.386. The Morgan fingerprint density at radius 1 is 1.24 bits per heavy atom. The van der Waals surface area contributed by atoms with Gasteiger partial charge in [-0.15, -0.1) is 0 Å². The van der Waals surface area contributed by atoms with Crippen molar-refractivity contribution in [3.05, 3.63) is 70.3 Å². The normalized spacial score (nSPS) is 10.8. The molecule has 0 bridgehead atoms. The highest BCUT2D eigenvalue weighted by atomic mass is 16.6. The first-order valence-corrected chi connectivity index (χ1v) is 8.58. The van der Waals surface area contributed by atoms with Crippen molar-refractivity contribution in [2.24, 2.45) is 5.10 Å². The quantitative estimate of drug-likeness (QED) is 0.321. The molecule has 0 unspecified atom stereocenters. The van der Waals surface area contributed by atoms with Crippen molar-refractivity contribution in [3.8, 4) is 11.5 Å². The second-order valence-electron chi connectivity index (χ2n) is 6.02. The first kappa shape index (κ1) is 19.6. The van der Waals surface area contributed by atoms with E-state index in [0.29, 0.717) is 0 Å². The van der Waals surface area contributed by atoms with Gasteiger partial charge in [0.1, 0.15) is 0 Å². The summed E-state index contributed by atoms with van der Waals surface area (Å²) in [6, 6.07) is 16.0. The van der Waals surface area contributed by atoms with Crippen LogP contribution >= 0.6 is 0 Å². The molecule has 0 aliphatic heterocycles. The number of nitrogens with one attached hydrogen (secondary N) is 2. The molecule has 1 amide bonds. The van der Waals surface area contributed by atoms with Gasteiger partial charge in [-0.2, -0.15) is 5.10 Å². The minimum atomic E-state index is -0.734. The number of anilines is 1. The van der Waals surface area contributed by atoms with Crippen molar-refractivity contribution in [2.75, 3.05) is 19.0 Å². The largest absolute Gasteiger partial charge is 0.500 e. The molecule has 0 aliphatic carbocycles. The van der Waals surface area contributed by atoms with E-state index in [2.05, 4.69) is 15.8 Å². The number of methoxy groups -OCH3 is 1. The van der Waals surface area contributed by atoms with Gasteiger partial charge in [0.25, 0.3) is 5.91 Å². The fourth-order valence-electron chi connectivity index (χ4n) is 2.76. The van der Waals surface area contributed by atoms with E-state index in [1.807, 2.05) is 42.5 Å². The number of nitro benzene ring substituents is 1. The summed E-state index contributed by atoms with van der Waals surface area (Å²) in [7, 11) is 1.28. The molecule has 148 valence electrons. The second kappa shape index (κ2) is 8.70. The van der Waals surface area contributed by atoms with Crippen LogP contribution in [0.5, 0.6) is 11.5 Å². The SMILES string of the molecule is COc1cc(/C=N\NC(=O)CNc2cccc3ccccc23)cc([N+](=O)[O-])c1O. The number of hydrogen-bond acceptors (Lipinski definition) is 7. The van der Waals surface area contributed by atoms with Crippen LogP contribution in [0.4, 0.5) is 11.4 Å². The number of amides is 1. The van der Waals surface area contributed by atoms with Crippen molar-refractivity contribution in [3.63, 3.8) is 0 Å². The molecule has 0 aliphatic rings. The number of phenols is 1. The molecular formula is C20H18N4O5. The van der Waals surface area contributed by atoms with Gasteiger partial charge in [0.15, 0.2) is 5.75 Å². The molecule has 0 heterocycles. The van der Waals surface area contributed by atoms with Crippen LogP contribution in [0, 0.1) is 10.1 Å². The summed E-state index contributed by atoms with van der Waals surface area (Å²) in [6.07, 6.45) is 1.23. The van der Waals surface area contributed by atoms with Crippen LogP contribution in [-0.4, -0.2) is 35.8 Å². The van der Waals surface area contributed by atoms with Crippen molar-refractivity contribution in [2.45, 2.75) is 0 Å². The summed E-state index contributed by atoms with van der Waals surface area (Å²) in [4.78, 5) is 22.3. The van der Waals surface area contributed by atoms with Gasteiger partial charge in [-0.25, -0.2) is 5.43 Å². The van der Waals surface area contributed by atoms with Gasteiger partial charge in [0.2, 0.25) is 5.75 Å². The summed E-state index contributed by atoms with van der Waals surface area (Å²) in [5.74, 6) is -1.03. The predicted octanol–water partition coefficient (Wildman–Crippen LogP) is 3.02. The number of aromatic hydroxyl groups is 1. The molecule has 29 heavy (non-hydrogen) atoms. The standard InChI is InChI=1S/C20H18N4O5/c1-29-18-10-13(9-17(20(18)26)24(27)28)11-22-23-19(25)12-21-16-8-4-6-14-5-2-3-7-15(14)16/h2-11,21,26H,12H2,1H3,(H,23,25)/b22-11-. The van der Waals surface area contributed by atoms with Crippen LogP contribution in [-0.2, 0) is 4.79 Å². The average molecular weight is 394 g/mol. The minimum Gasteiger partial charge on any atom is -0.500 e. The second-order valence-corrected chi connectivity index (χ2v) is 6.02. The van der Waals surface area contributed by atoms with E-state index in [9.17, 15) is 20.0 Å². The average Bonchev–Trinajstić information content (AvgIpc) is 2.73. The topological polar surface area (TPSA) is 126 Å². The molecule has 0 spiro atoms. The molecule has 0 saturated carbocycles. The third kappa shape index (κ3) is 4.59. The number of ether oxygens (including phenoxy) is 1. The Balaban J connectivity index is 1.64. The van der Waals surface area contributed by atoms with Gasteiger partial charge in [-0.3, -0.25) is 14.9 Å². The lowest BCUT2D eigenvalue weighted by atomic mass is 10.1. The van der Waals surface area contributed by atoms with Gasteiger partial charge in [0, 0.05) is 22.7 Å². The Labute approximate surface area is 165 Å². The number of hydrogen-bond donors (Lipinski definition) is 3. The Bertz CT molecular complexity index is 1090. The Hall–Kier alpha value is -4.14. The number of nitro groups is 1. The highest BCUT2D eigenvalue weighted by molar-refractivity contribution is 5.95. The highest BCUT2D eigenvalue weighted by Crippen LogP contribution is 2.36. The maximum Gasteiger partial charge on any atom is 0.315 e. The van der Waals surface area contributed by atoms with Gasteiger partial charge in [0.05, 0.1) is 24.8 Å². The van der Waals surface area contributed by atoms with Crippen LogP contribution in [0.1, 0.15) is 5.56 Å². The summed E-state index contributed by atoms with van der Waals surface area (Å²) in [6.45, 7) is -0.00953. The number of benzene rings is 3. The van der Waals surface area contributed by atoms with Crippen molar-refractivity contribution < 1.29 is 19.6 Å². The number of hydrazone groups is 1. The van der Waals surface area contributed by atoms with E-state index in [0.717, 1.165) is 22.5 Å². The molecule has 0 atom stereocenters. The first-order valence-electron chi connectivity index (χ1n) is 8.58. The fraction of sp³-hybridized carbons (Fsp3) is 0.100. The molecule has 3 rings (SSSR count). The summed E-state index contributed by atoms with van der Waals surface area (Å²) < 4.78 is 4.91. The fourth-order valence-corrected chi connectivity index (χ4v) is 2.76. The van der Waals surface area contributed by atoms with E-state index in [4.69, 9.17) is 4.74 Å².